The van der Waals surface area contributed by atoms with E-state index in [1.807, 2.05) is 29.2 Å². The lowest BCUT2D eigenvalue weighted by Gasteiger charge is -2.36. The van der Waals surface area contributed by atoms with Crippen molar-refractivity contribution < 1.29 is 13.2 Å². The van der Waals surface area contributed by atoms with Gasteiger partial charge in [-0.2, -0.15) is 13.2 Å². The Morgan fingerprint density at radius 1 is 0.929 bits per heavy atom. The quantitative estimate of drug-likeness (QED) is 0.744. The van der Waals surface area contributed by atoms with Gasteiger partial charge >= 0.3 is 11.9 Å². The third-order valence-corrected chi connectivity index (χ3v) is 5.23. The van der Waals surface area contributed by atoms with Crippen molar-refractivity contribution in [3.05, 3.63) is 64.6 Å². The number of anilines is 1. The van der Waals surface area contributed by atoms with Crippen molar-refractivity contribution in [2.24, 2.45) is 0 Å². The molecule has 1 saturated heterocycles. The van der Waals surface area contributed by atoms with Crippen molar-refractivity contribution in [2.75, 3.05) is 37.6 Å². The van der Waals surface area contributed by atoms with Gasteiger partial charge in [0, 0.05) is 45.0 Å². The molecule has 0 spiro atoms. The molecule has 5 nitrogen and oxygen atoms in total. The number of imidazole rings is 1. The van der Waals surface area contributed by atoms with E-state index in [1.165, 1.54) is 12.1 Å². The normalized spacial score (nSPS) is 16.0. The summed E-state index contributed by atoms with van der Waals surface area (Å²) in [5.41, 5.74) is 1.56. The minimum Gasteiger partial charge on any atom is -0.369 e. The van der Waals surface area contributed by atoms with Crippen LogP contribution >= 0.6 is 0 Å². The summed E-state index contributed by atoms with van der Waals surface area (Å²) in [5.74, 6) is 0. The lowest BCUT2D eigenvalue weighted by molar-refractivity contribution is -0.137. The zero-order valence-electron chi connectivity index (χ0n) is 15.2. The first-order valence-electron chi connectivity index (χ1n) is 9.24. The van der Waals surface area contributed by atoms with Gasteiger partial charge in [-0.3, -0.25) is 9.47 Å². The second kappa shape index (κ2) is 7.35. The highest BCUT2D eigenvalue weighted by Crippen LogP contribution is 2.31. The molecule has 1 aromatic heterocycles. The average molecular weight is 390 g/mol. The molecular weight excluding hydrogens is 369 g/mol. The van der Waals surface area contributed by atoms with Gasteiger partial charge in [0.25, 0.3) is 0 Å². The van der Waals surface area contributed by atoms with Crippen LogP contribution in [0.2, 0.25) is 0 Å². The lowest BCUT2D eigenvalue weighted by atomic mass is 10.1. The Kier molecular flexibility index (Phi) is 4.89. The first-order valence-corrected chi connectivity index (χ1v) is 9.24. The fourth-order valence-corrected chi connectivity index (χ4v) is 3.68. The Bertz CT molecular complexity index is 1020. The monoisotopic (exact) mass is 390 g/mol. The van der Waals surface area contributed by atoms with Crippen LogP contribution in [0.4, 0.5) is 18.9 Å². The van der Waals surface area contributed by atoms with E-state index in [0.717, 1.165) is 36.7 Å². The van der Waals surface area contributed by atoms with E-state index in [9.17, 15) is 18.0 Å². The van der Waals surface area contributed by atoms with Crippen LogP contribution < -0.4 is 10.6 Å². The van der Waals surface area contributed by atoms with Gasteiger partial charge in [-0.1, -0.05) is 18.2 Å². The first kappa shape index (κ1) is 18.6. The molecule has 0 atom stereocenters. The maximum atomic E-state index is 12.9. The zero-order chi connectivity index (χ0) is 19.7. The van der Waals surface area contributed by atoms with Crippen LogP contribution in [-0.2, 0) is 12.7 Å². The molecule has 0 radical (unpaired) electrons. The van der Waals surface area contributed by atoms with E-state index in [-0.39, 0.29) is 5.69 Å². The van der Waals surface area contributed by atoms with E-state index >= 15 is 0 Å². The summed E-state index contributed by atoms with van der Waals surface area (Å²) < 4.78 is 40.5. The Morgan fingerprint density at radius 3 is 2.43 bits per heavy atom. The number of fused-ring (bicyclic) bond motifs is 1. The summed E-state index contributed by atoms with van der Waals surface area (Å²) in [5, 5.41) is 0. The van der Waals surface area contributed by atoms with Gasteiger partial charge in [-0.25, -0.2) is 4.79 Å². The Morgan fingerprint density at radius 2 is 1.68 bits per heavy atom. The number of hydrogen-bond acceptors (Lipinski definition) is 3. The lowest BCUT2D eigenvalue weighted by Crippen LogP contribution is -2.47. The minimum absolute atomic E-state index is 0.121. The highest BCUT2D eigenvalue weighted by molar-refractivity contribution is 5.74. The molecule has 0 aliphatic carbocycles. The van der Waals surface area contributed by atoms with Gasteiger partial charge < -0.3 is 9.88 Å². The number of nitrogens with zero attached hydrogens (tertiary/aromatic N) is 3. The second-order valence-corrected chi connectivity index (χ2v) is 6.98. The van der Waals surface area contributed by atoms with E-state index in [4.69, 9.17) is 0 Å². The highest BCUT2D eigenvalue weighted by Gasteiger charge is 2.31. The van der Waals surface area contributed by atoms with Crippen LogP contribution in [0.1, 0.15) is 5.56 Å². The molecule has 4 rings (SSSR count). The number of nitrogens with one attached hydrogen (secondary N) is 1. The molecule has 0 saturated carbocycles. The Hall–Kier alpha value is -2.74. The Balaban J connectivity index is 1.37. The molecule has 1 aliphatic rings. The van der Waals surface area contributed by atoms with Crippen molar-refractivity contribution in [1.82, 2.24) is 14.5 Å². The molecule has 0 unspecified atom stereocenters. The number of aromatic nitrogens is 2. The molecule has 3 aromatic rings. The molecule has 1 fully saturated rings. The zero-order valence-corrected chi connectivity index (χ0v) is 15.2. The predicted molar refractivity (Wildman–Crippen MR) is 103 cm³/mol. The molecule has 28 heavy (non-hydrogen) atoms. The van der Waals surface area contributed by atoms with Crippen LogP contribution in [0, 0.1) is 0 Å². The fourth-order valence-electron chi connectivity index (χ4n) is 3.68. The third-order valence-electron chi connectivity index (χ3n) is 5.23. The third kappa shape index (κ3) is 3.77. The highest BCUT2D eigenvalue weighted by atomic mass is 19.4. The maximum absolute atomic E-state index is 12.9. The summed E-state index contributed by atoms with van der Waals surface area (Å²) in [6.45, 7) is 4.10. The van der Waals surface area contributed by atoms with Crippen molar-refractivity contribution in [1.29, 1.82) is 0 Å². The number of hydrogen-bond donors (Lipinski definition) is 1. The van der Waals surface area contributed by atoms with Crippen molar-refractivity contribution in [3.63, 3.8) is 0 Å². The number of piperazine rings is 1. The number of H-pyrrole nitrogens is 1. The number of benzene rings is 2. The van der Waals surface area contributed by atoms with E-state index in [2.05, 4.69) is 9.88 Å². The molecule has 0 amide bonds. The molecule has 1 aliphatic heterocycles. The summed E-state index contributed by atoms with van der Waals surface area (Å²) in [4.78, 5) is 19.2. The summed E-state index contributed by atoms with van der Waals surface area (Å²) >= 11 is 0. The molecule has 2 heterocycles. The van der Waals surface area contributed by atoms with E-state index in [1.54, 1.807) is 10.6 Å². The van der Waals surface area contributed by atoms with Crippen LogP contribution in [0.25, 0.3) is 11.0 Å². The number of aromatic amines is 1. The second-order valence-electron chi connectivity index (χ2n) is 6.98. The fraction of sp³-hybridized carbons (Fsp3) is 0.350. The number of alkyl halides is 3. The standard InChI is InChI=1S/C20H21F3N4O/c21-20(22,23)15-4-3-5-16(14-15)26-11-8-25(9-12-26)10-13-27-18-7-2-1-6-17(18)24-19(27)28/h1-7,14H,8-13H2,(H,24,28). The molecule has 148 valence electrons. The molecule has 1 N–H and O–H groups in total. The van der Waals surface area contributed by atoms with Gasteiger partial charge in [0.1, 0.15) is 0 Å². The summed E-state index contributed by atoms with van der Waals surface area (Å²) in [7, 11) is 0. The molecular formula is C20H21F3N4O. The van der Waals surface area contributed by atoms with Crippen LogP contribution in [-0.4, -0.2) is 47.2 Å². The minimum atomic E-state index is -4.33. The summed E-state index contributed by atoms with van der Waals surface area (Å²) in [6.07, 6.45) is -4.33. The van der Waals surface area contributed by atoms with E-state index < -0.39 is 11.7 Å². The first-order chi connectivity index (χ1) is 13.4. The van der Waals surface area contributed by atoms with Crippen molar-refractivity contribution in [2.45, 2.75) is 12.7 Å². The Labute approximate surface area is 160 Å². The number of para-hydroxylation sites is 2. The van der Waals surface area contributed by atoms with Gasteiger partial charge in [0.05, 0.1) is 16.6 Å². The van der Waals surface area contributed by atoms with Crippen LogP contribution in [0.15, 0.2) is 53.3 Å². The van der Waals surface area contributed by atoms with Crippen molar-refractivity contribution >= 4 is 16.7 Å². The topological polar surface area (TPSA) is 44.3 Å². The number of halogens is 3. The summed E-state index contributed by atoms with van der Waals surface area (Å²) in [6, 6.07) is 13.1. The van der Waals surface area contributed by atoms with Crippen LogP contribution in [0.3, 0.4) is 0 Å². The number of rotatable bonds is 4. The maximum Gasteiger partial charge on any atom is 0.416 e. The van der Waals surface area contributed by atoms with Gasteiger partial charge in [-0.15, -0.1) is 0 Å². The van der Waals surface area contributed by atoms with E-state index in [0.29, 0.717) is 25.3 Å². The predicted octanol–water partition coefficient (Wildman–Crippen LogP) is 3.17. The van der Waals surface area contributed by atoms with Crippen LogP contribution in [0.5, 0.6) is 0 Å². The average Bonchev–Trinajstić information content (AvgIpc) is 3.01. The van der Waals surface area contributed by atoms with Crippen molar-refractivity contribution in [3.8, 4) is 0 Å². The molecule has 0 bridgehead atoms. The molecule has 2 aromatic carbocycles. The smallest absolute Gasteiger partial charge is 0.369 e. The van der Waals surface area contributed by atoms with Gasteiger partial charge in [-0.05, 0) is 30.3 Å². The largest absolute Gasteiger partial charge is 0.416 e. The van der Waals surface area contributed by atoms with Gasteiger partial charge in [0.2, 0.25) is 0 Å². The van der Waals surface area contributed by atoms with Gasteiger partial charge in [0.15, 0.2) is 0 Å². The molecule has 8 heteroatoms. The SMILES string of the molecule is O=c1[nH]c2ccccc2n1CCN1CCN(c2cccc(C(F)(F)F)c2)CC1.